The maximum Gasteiger partial charge on any atom is 0.224 e. The molecule has 0 spiro atoms. The number of likely N-dealkylation sites (tertiary alicyclic amines) is 1. The van der Waals surface area contributed by atoms with Crippen molar-refractivity contribution in [3.05, 3.63) is 29.8 Å². The molecule has 21 heavy (non-hydrogen) atoms. The first-order chi connectivity index (χ1) is 10.3. The monoisotopic (exact) mass is 285 g/mol. The highest BCUT2D eigenvalue weighted by molar-refractivity contribution is 5.77. The zero-order valence-corrected chi connectivity index (χ0v) is 12.6. The molecule has 1 aliphatic rings. The molecule has 1 heterocycles. The molecule has 1 amide bonds. The molecule has 0 aliphatic carbocycles. The smallest absolute Gasteiger partial charge is 0.224 e. The predicted molar refractivity (Wildman–Crippen MR) is 83.9 cm³/mol. The summed E-state index contributed by atoms with van der Waals surface area (Å²) in [6.07, 6.45) is 5.00. The maximum atomic E-state index is 12.3. The van der Waals surface area contributed by atoms with E-state index >= 15 is 0 Å². The summed E-state index contributed by atoms with van der Waals surface area (Å²) in [5.41, 5.74) is 1.42. The molecular formula is C17H23N3O. The lowest BCUT2D eigenvalue weighted by molar-refractivity contribution is -0.134. The number of benzene rings is 1. The Hall–Kier alpha value is -2.02. The molecular weight excluding hydrogens is 262 g/mol. The Bertz CT molecular complexity index is 521. The lowest BCUT2D eigenvalue weighted by Gasteiger charge is -2.35. The van der Waals surface area contributed by atoms with Crippen LogP contribution in [-0.2, 0) is 4.79 Å². The number of nitrogens with one attached hydrogen (secondary N) is 1. The molecule has 0 saturated carbocycles. The second kappa shape index (κ2) is 7.68. The van der Waals surface area contributed by atoms with Gasteiger partial charge in [0, 0.05) is 25.6 Å². The third kappa shape index (κ3) is 3.98. The van der Waals surface area contributed by atoms with Crippen LogP contribution in [0.4, 0.5) is 5.69 Å². The van der Waals surface area contributed by atoms with Gasteiger partial charge in [-0.2, -0.15) is 5.26 Å². The fourth-order valence-electron chi connectivity index (χ4n) is 2.94. The summed E-state index contributed by atoms with van der Waals surface area (Å²) in [7, 11) is 0. The van der Waals surface area contributed by atoms with Crippen LogP contribution < -0.4 is 5.32 Å². The Kier molecular flexibility index (Phi) is 5.62. The van der Waals surface area contributed by atoms with Crippen molar-refractivity contribution < 1.29 is 4.79 Å². The SMILES string of the molecule is CCC1CCCCN1C(=O)CCNc1ccccc1C#N. The molecule has 1 fully saturated rings. The summed E-state index contributed by atoms with van der Waals surface area (Å²) in [6, 6.07) is 9.96. The van der Waals surface area contributed by atoms with E-state index in [1.54, 1.807) is 6.07 Å². The average Bonchev–Trinajstić information content (AvgIpc) is 2.55. The second-order valence-electron chi connectivity index (χ2n) is 5.48. The van der Waals surface area contributed by atoms with Gasteiger partial charge < -0.3 is 10.2 Å². The summed E-state index contributed by atoms with van der Waals surface area (Å²) in [4.78, 5) is 14.4. The van der Waals surface area contributed by atoms with E-state index in [9.17, 15) is 4.79 Å². The highest BCUT2D eigenvalue weighted by atomic mass is 16.2. The number of nitrogens with zero attached hydrogens (tertiary/aromatic N) is 2. The maximum absolute atomic E-state index is 12.3. The number of hydrogen-bond donors (Lipinski definition) is 1. The van der Waals surface area contributed by atoms with Crippen LogP contribution >= 0.6 is 0 Å². The van der Waals surface area contributed by atoms with E-state index in [0.717, 1.165) is 31.5 Å². The molecule has 1 unspecified atom stereocenters. The highest BCUT2D eigenvalue weighted by Crippen LogP contribution is 2.20. The summed E-state index contributed by atoms with van der Waals surface area (Å²) in [6.45, 7) is 3.62. The van der Waals surface area contributed by atoms with Crippen LogP contribution in [0, 0.1) is 11.3 Å². The largest absolute Gasteiger partial charge is 0.383 e. The van der Waals surface area contributed by atoms with Gasteiger partial charge in [0.1, 0.15) is 6.07 Å². The molecule has 2 rings (SSSR count). The van der Waals surface area contributed by atoms with Crippen molar-refractivity contribution in [2.75, 3.05) is 18.4 Å². The second-order valence-corrected chi connectivity index (χ2v) is 5.48. The molecule has 4 nitrogen and oxygen atoms in total. The standard InChI is InChI=1S/C17H23N3O/c1-2-15-8-5-6-12-20(15)17(21)10-11-19-16-9-4-3-7-14(16)13-18/h3-4,7,9,15,19H,2,5-6,8,10-12H2,1H3. The first-order valence-electron chi connectivity index (χ1n) is 7.78. The molecule has 4 heteroatoms. The Morgan fingerprint density at radius 2 is 2.24 bits per heavy atom. The minimum Gasteiger partial charge on any atom is -0.383 e. The number of nitriles is 1. The Morgan fingerprint density at radius 1 is 1.43 bits per heavy atom. The number of carbonyl (C=O) groups excluding carboxylic acids is 1. The summed E-state index contributed by atoms with van der Waals surface area (Å²) < 4.78 is 0. The van der Waals surface area contributed by atoms with Gasteiger partial charge in [0.05, 0.1) is 11.3 Å². The quantitative estimate of drug-likeness (QED) is 0.904. The van der Waals surface area contributed by atoms with E-state index in [-0.39, 0.29) is 5.91 Å². The van der Waals surface area contributed by atoms with Crippen molar-refractivity contribution in [3.8, 4) is 6.07 Å². The van der Waals surface area contributed by atoms with Gasteiger partial charge in [-0.15, -0.1) is 0 Å². The molecule has 1 saturated heterocycles. The topological polar surface area (TPSA) is 56.1 Å². The van der Waals surface area contributed by atoms with E-state index < -0.39 is 0 Å². The van der Waals surface area contributed by atoms with Crippen LogP contribution in [-0.4, -0.2) is 29.9 Å². The van der Waals surface area contributed by atoms with Crippen LogP contribution in [0.3, 0.4) is 0 Å². The number of anilines is 1. The minimum absolute atomic E-state index is 0.225. The summed E-state index contributed by atoms with van der Waals surface area (Å²) in [5, 5.41) is 12.2. The number of rotatable bonds is 5. The third-order valence-electron chi connectivity index (χ3n) is 4.12. The molecule has 1 atom stereocenters. The minimum atomic E-state index is 0.225. The molecule has 112 valence electrons. The molecule has 1 N–H and O–H groups in total. The van der Waals surface area contributed by atoms with E-state index in [0.29, 0.717) is 24.6 Å². The van der Waals surface area contributed by atoms with Gasteiger partial charge in [0.25, 0.3) is 0 Å². The molecule has 0 radical (unpaired) electrons. The van der Waals surface area contributed by atoms with Gasteiger partial charge in [0.2, 0.25) is 5.91 Å². The van der Waals surface area contributed by atoms with Crippen LogP contribution in [0.15, 0.2) is 24.3 Å². The molecule has 1 aliphatic heterocycles. The van der Waals surface area contributed by atoms with E-state index in [1.165, 1.54) is 6.42 Å². The molecule has 0 aromatic heterocycles. The lowest BCUT2D eigenvalue weighted by Crippen LogP contribution is -2.43. The van der Waals surface area contributed by atoms with Crippen molar-refractivity contribution >= 4 is 11.6 Å². The van der Waals surface area contributed by atoms with Gasteiger partial charge >= 0.3 is 0 Å². The van der Waals surface area contributed by atoms with Crippen LogP contribution in [0.1, 0.15) is 44.6 Å². The number of piperidine rings is 1. The number of para-hydroxylation sites is 1. The first kappa shape index (κ1) is 15.4. The summed E-state index contributed by atoms with van der Waals surface area (Å²) >= 11 is 0. The van der Waals surface area contributed by atoms with Crippen molar-refractivity contribution in [1.29, 1.82) is 5.26 Å². The third-order valence-corrected chi connectivity index (χ3v) is 4.12. The fraction of sp³-hybridized carbons (Fsp3) is 0.529. The van der Waals surface area contributed by atoms with E-state index in [1.807, 2.05) is 23.1 Å². The lowest BCUT2D eigenvalue weighted by atomic mass is 9.99. The van der Waals surface area contributed by atoms with E-state index in [2.05, 4.69) is 18.3 Å². The van der Waals surface area contributed by atoms with E-state index in [4.69, 9.17) is 5.26 Å². The predicted octanol–water partition coefficient (Wildman–Crippen LogP) is 3.15. The molecule has 0 bridgehead atoms. The van der Waals surface area contributed by atoms with Gasteiger partial charge in [-0.25, -0.2) is 0 Å². The van der Waals surface area contributed by atoms with Crippen LogP contribution in [0.25, 0.3) is 0 Å². The van der Waals surface area contributed by atoms with Gasteiger partial charge in [-0.3, -0.25) is 4.79 Å². The highest BCUT2D eigenvalue weighted by Gasteiger charge is 2.24. The van der Waals surface area contributed by atoms with Crippen LogP contribution in [0.2, 0.25) is 0 Å². The van der Waals surface area contributed by atoms with Crippen molar-refractivity contribution in [2.24, 2.45) is 0 Å². The van der Waals surface area contributed by atoms with Crippen molar-refractivity contribution in [2.45, 2.75) is 45.1 Å². The first-order valence-corrected chi connectivity index (χ1v) is 7.78. The fourth-order valence-corrected chi connectivity index (χ4v) is 2.94. The Labute approximate surface area is 126 Å². The summed E-state index contributed by atoms with van der Waals surface area (Å²) in [5.74, 6) is 0.225. The van der Waals surface area contributed by atoms with Gasteiger partial charge in [-0.1, -0.05) is 19.1 Å². The zero-order valence-electron chi connectivity index (χ0n) is 12.6. The number of carbonyl (C=O) groups is 1. The normalized spacial score (nSPS) is 18.1. The van der Waals surface area contributed by atoms with Crippen molar-refractivity contribution in [1.82, 2.24) is 4.90 Å². The Balaban J connectivity index is 1.85. The van der Waals surface area contributed by atoms with Crippen LogP contribution in [0.5, 0.6) is 0 Å². The number of hydrogen-bond acceptors (Lipinski definition) is 3. The Morgan fingerprint density at radius 3 is 3.00 bits per heavy atom. The zero-order chi connectivity index (χ0) is 15.1. The molecule has 1 aromatic rings. The molecule has 1 aromatic carbocycles. The van der Waals surface area contributed by atoms with Gasteiger partial charge in [0.15, 0.2) is 0 Å². The number of amides is 1. The van der Waals surface area contributed by atoms with Gasteiger partial charge in [-0.05, 0) is 37.8 Å². The average molecular weight is 285 g/mol. The van der Waals surface area contributed by atoms with Crippen molar-refractivity contribution in [3.63, 3.8) is 0 Å².